The largest absolute Gasteiger partial charge is 0.466 e. The summed E-state index contributed by atoms with van der Waals surface area (Å²) in [5, 5.41) is 8.90. The molecule has 0 radical (unpaired) electrons. The van der Waals surface area contributed by atoms with E-state index in [1.165, 1.54) is 0 Å². The Bertz CT molecular complexity index is 338. The third-order valence-corrected chi connectivity index (χ3v) is 1.70. The zero-order valence-electron chi connectivity index (χ0n) is 9.48. The lowest BCUT2D eigenvalue weighted by Crippen LogP contribution is -2.62. The first-order chi connectivity index (χ1) is 7.89. The molecule has 0 aromatic rings. The van der Waals surface area contributed by atoms with Crippen molar-refractivity contribution in [3.8, 4) is 0 Å². The van der Waals surface area contributed by atoms with Crippen LogP contribution in [-0.2, 0) is 14.3 Å². The van der Waals surface area contributed by atoms with E-state index in [-0.39, 0.29) is 0 Å². The van der Waals surface area contributed by atoms with Gasteiger partial charge >= 0.3 is 24.0 Å². The van der Waals surface area contributed by atoms with Gasteiger partial charge in [-0.1, -0.05) is 6.58 Å². The minimum atomic E-state index is -5.86. The minimum Gasteiger partial charge on any atom is -0.393 e. The second kappa shape index (κ2) is 5.19. The Morgan fingerprint density at radius 3 is 2.00 bits per heavy atom. The van der Waals surface area contributed by atoms with Crippen LogP contribution in [0.15, 0.2) is 12.2 Å². The number of rotatable bonds is 5. The van der Waals surface area contributed by atoms with Crippen molar-refractivity contribution >= 4 is 5.97 Å². The Labute approximate surface area is 99.0 Å². The smallest absolute Gasteiger partial charge is 0.393 e. The molecule has 106 valence electrons. The fourth-order valence-corrected chi connectivity index (χ4v) is 0.812. The average molecular weight is 278 g/mol. The molecule has 1 atom stereocenters. The van der Waals surface area contributed by atoms with Crippen LogP contribution in [0.2, 0.25) is 0 Å². The van der Waals surface area contributed by atoms with E-state index in [1.807, 2.05) is 0 Å². The molecule has 0 saturated carbocycles. The van der Waals surface area contributed by atoms with Gasteiger partial charge in [-0.2, -0.15) is 22.0 Å². The molecule has 1 unspecified atom stereocenters. The summed E-state index contributed by atoms with van der Waals surface area (Å²) in [5.74, 6) is -6.71. The van der Waals surface area contributed by atoms with Crippen LogP contribution >= 0.6 is 0 Å². The Morgan fingerprint density at radius 1 is 1.28 bits per heavy atom. The molecule has 0 rings (SSSR count). The number of halogens is 5. The summed E-state index contributed by atoms with van der Waals surface area (Å²) in [6.07, 6.45) is -11.2. The maximum atomic E-state index is 13.2. The van der Waals surface area contributed by atoms with Crippen LogP contribution in [0.4, 0.5) is 22.0 Å². The standard InChI is InChI=1S/C9H11F5O4/c1-4-17-7(16,8(10,11)12)9(13,14)18-6(15)5(2)3/h16H,2,4H2,1,3H3. The second-order valence-corrected chi connectivity index (χ2v) is 3.26. The summed E-state index contributed by atoms with van der Waals surface area (Å²) in [4.78, 5) is 10.8. The monoisotopic (exact) mass is 278 g/mol. The average Bonchev–Trinajstić information content (AvgIpc) is 2.14. The van der Waals surface area contributed by atoms with E-state index in [0.717, 1.165) is 13.8 Å². The molecule has 0 aromatic heterocycles. The Hall–Kier alpha value is -1.22. The minimum absolute atomic E-state index is 0.560. The molecule has 0 amide bonds. The predicted molar refractivity (Wildman–Crippen MR) is 48.5 cm³/mol. The lowest BCUT2D eigenvalue weighted by Gasteiger charge is -2.34. The summed E-state index contributed by atoms with van der Waals surface area (Å²) in [5.41, 5.74) is -0.560. The van der Waals surface area contributed by atoms with E-state index in [1.54, 1.807) is 0 Å². The zero-order chi connectivity index (χ0) is 14.8. The number of hydrogen-bond acceptors (Lipinski definition) is 4. The van der Waals surface area contributed by atoms with Crippen molar-refractivity contribution in [2.75, 3.05) is 6.61 Å². The van der Waals surface area contributed by atoms with E-state index in [2.05, 4.69) is 16.1 Å². The second-order valence-electron chi connectivity index (χ2n) is 3.26. The quantitative estimate of drug-likeness (QED) is 0.361. The molecule has 0 spiro atoms. The van der Waals surface area contributed by atoms with Crippen LogP contribution in [0.5, 0.6) is 0 Å². The van der Waals surface area contributed by atoms with E-state index in [4.69, 9.17) is 5.11 Å². The van der Waals surface area contributed by atoms with Crippen LogP contribution in [-0.4, -0.2) is 35.8 Å². The first kappa shape index (κ1) is 16.8. The lowest BCUT2D eigenvalue weighted by atomic mass is 10.2. The van der Waals surface area contributed by atoms with E-state index < -0.39 is 36.2 Å². The molecule has 0 aromatic carbocycles. The molecule has 0 saturated heterocycles. The summed E-state index contributed by atoms with van der Waals surface area (Å²) in [6.45, 7) is 3.94. The van der Waals surface area contributed by atoms with Gasteiger partial charge in [0.2, 0.25) is 0 Å². The molecule has 0 bridgehead atoms. The van der Waals surface area contributed by atoms with Crippen molar-refractivity contribution in [2.24, 2.45) is 0 Å². The number of carbonyl (C=O) groups is 1. The molecule has 0 fully saturated rings. The summed E-state index contributed by atoms with van der Waals surface area (Å²) < 4.78 is 70.4. The van der Waals surface area contributed by atoms with Crippen molar-refractivity contribution in [3.05, 3.63) is 12.2 Å². The maximum Gasteiger partial charge on any atom is 0.466 e. The topological polar surface area (TPSA) is 55.8 Å². The molecule has 1 N–H and O–H groups in total. The van der Waals surface area contributed by atoms with Crippen LogP contribution < -0.4 is 0 Å². The molecule has 18 heavy (non-hydrogen) atoms. The van der Waals surface area contributed by atoms with Crippen molar-refractivity contribution in [2.45, 2.75) is 31.9 Å². The number of ether oxygens (including phenoxy) is 2. The van der Waals surface area contributed by atoms with Crippen LogP contribution in [0, 0.1) is 0 Å². The van der Waals surface area contributed by atoms with Gasteiger partial charge in [0.25, 0.3) is 0 Å². The van der Waals surface area contributed by atoms with Crippen LogP contribution in [0.1, 0.15) is 13.8 Å². The first-order valence-corrected chi connectivity index (χ1v) is 4.58. The van der Waals surface area contributed by atoms with Gasteiger partial charge in [0.15, 0.2) is 0 Å². The fraction of sp³-hybridized carbons (Fsp3) is 0.667. The van der Waals surface area contributed by atoms with Gasteiger partial charge in [-0.25, -0.2) is 4.79 Å². The normalized spacial score (nSPS) is 16.0. The van der Waals surface area contributed by atoms with E-state index in [9.17, 15) is 26.7 Å². The predicted octanol–water partition coefficient (Wildman–Crippen LogP) is 1.99. The van der Waals surface area contributed by atoms with Gasteiger partial charge in [-0.05, 0) is 13.8 Å². The molecular weight excluding hydrogens is 267 g/mol. The van der Waals surface area contributed by atoms with Crippen molar-refractivity contribution in [1.29, 1.82) is 0 Å². The van der Waals surface area contributed by atoms with E-state index >= 15 is 0 Å². The number of esters is 1. The van der Waals surface area contributed by atoms with Crippen LogP contribution in [0.3, 0.4) is 0 Å². The van der Waals surface area contributed by atoms with Crippen molar-refractivity contribution < 1.29 is 41.3 Å². The molecule has 0 aliphatic rings. The third-order valence-electron chi connectivity index (χ3n) is 1.70. The highest BCUT2D eigenvalue weighted by molar-refractivity contribution is 5.87. The zero-order valence-corrected chi connectivity index (χ0v) is 9.48. The van der Waals surface area contributed by atoms with Gasteiger partial charge in [0, 0.05) is 12.2 Å². The molecular formula is C9H11F5O4. The molecule has 4 nitrogen and oxygen atoms in total. The molecule has 0 heterocycles. The summed E-state index contributed by atoms with van der Waals surface area (Å²) in [6, 6.07) is 0. The summed E-state index contributed by atoms with van der Waals surface area (Å²) >= 11 is 0. The maximum absolute atomic E-state index is 13.2. The van der Waals surface area contributed by atoms with E-state index in [0.29, 0.717) is 0 Å². The Kier molecular flexibility index (Phi) is 4.84. The van der Waals surface area contributed by atoms with Crippen molar-refractivity contribution in [3.63, 3.8) is 0 Å². The SMILES string of the molecule is C=C(C)C(=O)OC(F)(F)C(O)(OCC)C(F)(F)F. The Morgan fingerprint density at radius 2 is 1.72 bits per heavy atom. The number of alkyl halides is 5. The fourth-order valence-electron chi connectivity index (χ4n) is 0.812. The number of hydrogen-bond donors (Lipinski definition) is 1. The summed E-state index contributed by atoms with van der Waals surface area (Å²) in [7, 11) is 0. The van der Waals surface area contributed by atoms with Gasteiger partial charge in [0.1, 0.15) is 0 Å². The molecule has 0 aliphatic carbocycles. The highest BCUT2D eigenvalue weighted by Gasteiger charge is 2.74. The van der Waals surface area contributed by atoms with Gasteiger partial charge in [0.05, 0.1) is 0 Å². The third kappa shape index (κ3) is 3.16. The van der Waals surface area contributed by atoms with Crippen molar-refractivity contribution in [1.82, 2.24) is 0 Å². The van der Waals surface area contributed by atoms with Gasteiger partial charge < -0.3 is 14.6 Å². The molecule has 0 aliphatic heterocycles. The number of aliphatic hydroxyl groups is 1. The molecule has 9 heteroatoms. The van der Waals surface area contributed by atoms with Crippen LogP contribution in [0.25, 0.3) is 0 Å². The van der Waals surface area contributed by atoms with Gasteiger partial charge in [-0.15, -0.1) is 0 Å². The van der Waals surface area contributed by atoms with Gasteiger partial charge in [-0.3, -0.25) is 0 Å². The Balaban J connectivity index is 5.35. The lowest BCUT2D eigenvalue weighted by molar-refractivity contribution is -0.472. The number of carbonyl (C=O) groups excluding carboxylic acids is 1. The highest BCUT2D eigenvalue weighted by Crippen LogP contribution is 2.43. The highest BCUT2D eigenvalue weighted by atomic mass is 19.4. The first-order valence-electron chi connectivity index (χ1n) is 4.58.